The number of hydrogen-bond acceptors (Lipinski definition) is 2. The van der Waals surface area contributed by atoms with Crippen molar-refractivity contribution >= 4 is 5.97 Å². The lowest BCUT2D eigenvalue weighted by Gasteiger charge is -2.17. The van der Waals surface area contributed by atoms with Crippen LogP contribution < -0.4 is 5.73 Å². The summed E-state index contributed by atoms with van der Waals surface area (Å²) in [6.07, 6.45) is -5.52. The fourth-order valence-corrected chi connectivity index (χ4v) is 0.735. The minimum atomic E-state index is -4.35. The van der Waals surface area contributed by atoms with Crippen LogP contribution >= 0.6 is 0 Å². The van der Waals surface area contributed by atoms with Crippen LogP contribution in [0.2, 0.25) is 0 Å². The Morgan fingerprint density at radius 3 is 2.25 bits per heavy atom. The number of alkyl halides is 3. The predicted molar refractivity (Wildman–Crippen MR) is 35.4 cm³/mol. The van der Waals surface area contributed by atoms with E-state index in [1.54, 1.807) is 0 Å². The zero-order valence-electron chi connectivity index (χ0n) is 6.43. The van der Waals surface area contributed by atoms with Gasteiger partial charge in [-0.3, -0.25) is 4.79 Å². The highest BCUT2D eigenvalue weighted by molar-refractivity contribution is 5.73. The van der Waals surface area contributed by atoms with E-state index in [9.17, 15) is 18.0 Å². The molecule has 0 saturated carbocycles. The fraction of sp³-hybridized carbons (Fsp3) is 0.833. The summed E-state index contributed by atoms with van der Waals surface area (Å²) in [6.45, 7) is 1.16. The number of carboxylic acids is 1. The average Bonchev–Trinajstić information content (AvgIpc) is 1.82. The molecule has 72 valence electrons. The van der Waals surface area contributed by atoms with Gasteiger partial charge in [0.05, 0.1) is 0 Å². The molecule has 0 radical (unpaired) electrons. The van der Waals surface area contributed by atoms with Gasteiger partial charge in [0.1, 0.15) is 6.04 Å². The summed E-state index contributed by atoms with van der Waals surface area (Å²) < 4.78 is 35.0. The first-order valence-corrected chi connectivity index (χ1v) is 3.29. The van der Waals surface area contributed by atoms with Gasteiger partial charge >= 0.3 is 12.1 Å². The van der Waals surface area contributed by atoms with E-state index < -0.39 is 30.5 Å². The smallest absolute Gasteiger partial charge is 0.389 e. The van der Waals surface area contributed by atoms with E-state index in [-0.39, 0.29) is 0 Å². The lowest BCUT2D eigenvalue weighted by Crippen LogP contribution is -2.38. The molecular formula is C6H10F3NO2. The number of halogens is 3. The summed E-state index contributed by atoms with van der Waals surface area (Å²) in [5, 5.41) is 8.26. The van der Waals surface area contributed by atoms with Crippen molar-refractivity contribution in [2.24, 2.45) is 11.7 Å². The summed E-state index contributed by atoms with van der Waals surface area (Å²) in [4.78, 5) is 10.1. The average molecular weight is 185 g/mol. The molecule has 6 heteroatoms. The molecule has 0 aromatic rings. The zero-order valence-corrected chi connectivity index (χ0v) is 6.43. The summed E-state index contributed by atoms with van der Waals surface area (Å²) in [5.41, 5.74) is 4.97. The molecule has 0 aliphatic rings. The van der Waals surface area contributed by atoms with Gasteiger partial charge in [-0.05, 0) is 5.92 Å². The number of aliphatic carboxylic acids is 1. The van der Waals surface area contributed by atoms with Crippen molar-refractivity contribution in [2.45, 2.75) is 25.6 Å². The fourth-order valence-electron chi connectivity index (χ4n) is 0.735. The molecule has 0 bridgehead atoms. The Labute approximate surface area is 67.4 Å². The maximum Gasteiger partial charge on any atom is 0.389 e. The maximum atomic E-state index is 11.7. The van der Waals surface area contributed by atoms with Crippen LogP contribution in [0.15, 0.2) is 0 Å². The molecule has 0 spiro atoms. The standard InChI is InChI=1S/C6H10F3NO2/c1-3(2-6(7,8)9)4(10)5(11)12/h3-4H,2,10H2,1H3,(H,11,12). The first kappa shape index (κ1) is 11.2. The van der Waals surface area contributed by atoms with Gasteiger partial charge in [0.15, 0.2) is 0 Å². The van der Waals surface area contributed by atoms with Crippen LogP contribution in [0.1, 0.15) is 13.3 Å². The number of rotatable bonds is 3. The number of nitrogens with two attached hydrogens (primary N) is 1. The molecule has 0 aromatic carbocycles. The van der Waals surface area contributed by atoms with Crippen molar-refractivity contribution in [2.75, 3.05) is 0 Å². The molecule has 0 saturated heterocycles. The second-order valence-electron chi connectivity index (χ2n) is 2.66. The summed E-state index contributed by atoms with van der Waals surface area (Å²) in [7, 11) is 0. The third-order valence-corrected chi connectivity index (χ3v) is 1.45. The van der Waals surface area contributed by atoms with Gasteiger partial charge in [-0.2, -0.15) is 13.2 Å². The third-order valence-electron chi connectivity index (χ3n) is 1.45. The summed E-state index contributed by atoms with van der Waals surface area (Å²) >= 11 is 0. The Kier molecular flexibility index (Phi) is 3.51. The minimum Gasteiger partial charge on any atom is -0.480 e. The van der Waals surface area contributed by atoms with Crippen LogP contribution in [0.5, 0.6) is 0 Å². The molecule has 0 amide bonds. The van der Waals surface area contributed by atoms with E-state index in [2.05, 4.69) is 0 Å². The number of carboxylic acid groups (broad SMARTS) is 1. The molecule has 0 aliphatic heterocycles. The normalized spacial score (nSPS) is 17.1. The first-order chi connectivity index (χ1) is 5.24. The van der Waals surface area contributed by atoms with Crippen LogP contribution in [0.25, 0.3) is 0 Å². The van der Waals surface area contributed by atoms with Crippen LogP contribution in [0.4, 0.5) is 13.2 Å². The van der Waals surface area contributed by atoms with Crippen molar-refractivity contribution in [1.82, 2.24) is 0 Å². The van der Waals surface area contributed by atoms with Crippen LogP contribution in [-0.2, 0) is 4.79 Å². The van der Waals surface area contributed by atoms with Crippen LogP contribution in [-0.4, -0.2) is 23.3 Å². The van der Waals surface area contributed by atoms with Gasteiger partial charge < -0.3 is 10.8 Å². The predicted octanol–water partition coefficient (Wildman–Crippen LogP) is 0.987. The molecule has 0 heterocycles. The second kappa shape index (κ2) is 3.75. The lowest BCUT2D eigenvalue weighted by molar-refractivity contribution is -0.151. The Hall–Kier alpha value is -0.780. The van der Waals surface area contributed by atoms with Crippen molar-refractivity contribution in [1.29, 1.82) is 0 Å². The topological polar surface area (TPSA) is 63.3 Å². The first-order valence-electron chi connectivity index (χ1n) is 3.29. The molecule has 3 nitrogen and oxygen atoms in total. The number of hydrogen-bond donors (Lipinski definition) is 2. The largest absolute Gasteiger partial charge is 0.480 e. The van der Waals surface area contributed by atoms with Crippen molar-refractivity contribution in [3.63, 3.8) is 0 Å². The van der Waals surface area contributed by atoms with Crippen molar-refractivity contribution < 1.29 is 23.1 Å². The van der Waals surface area contributed by atoms with Gasteiger partial charge in [0.25, 0.3) is 0 Å². The molecule has 3 N–H and O–H groups in total. The van der Waals surface area contributed by atoms with Gasteiger partial charge in [-0.1, -0.05) is 6.92 Å². The molecular weight excluding hydrogens is 175 g/mol. The Morgan fingerprint density at radius 1 is 1.58 bits per heavy atom. The highest BCUT2D eigenvalue weighted by Gasteiger charge is 2.34. The molecule has 0 aliphatic carbocycles. The maximum absolute atomic E-state index is 11.7. The highest BCUT2D eigenvalue weighted by Crippen LogP contribution is 2.25. The SMILES string of the molecule is CC(CC(F)(F)F)C(N)C(=O)O. The molecule has 0 aromatic heterocycles. The molecule has 2 atom stereocenters. The quantitative estimate of drug-likeness (QED) is 0.689. The van der Waals surface area contributed by atoms with Crippen LogP contribution in [0, 0.1) is 5.92 Å². The van der Waals surface area contributed by atoms with E-state index in [4.69, 9.17) is 10.8 Å². The Bertz CT molecular complexity index is 169. The van der Waals surface area contributed by atoms with Crippen molar-refractivity contribution in [3.8, 4) is 0 Å². The van der Waals surface area contributed by atoms with Gasteiger partial charge in [0, 0.05) is 6.42 Å². The van der Waals surface area contributed by atoms with Gasteiger partial charge in [-0.25, -0.2) is 0 Å². The Balaban J connectivity index is 4.04. The molecule has 0 fully saturated rings. The number of carbonyl (C=O) groups is 1. The summed E-state index contributed by atoms with van der Waals surface area (Å²) in [5.74, 6) is -2.51. The van der Waals surface area contributed by atoms with E-state index in [1.807, 2.05) is 0 Å². The second-order valence-corrected chi connectivity index (χ2v) is 2.66. The van der Waals surface area contributed by atoms with Crippen molar-refractivity contribution in [3.05, 3.63) is 0 Å². The lowest BCUT2D eigenvalue weighted by atomic mass is 9.99. The van der Waals surface area contributed by atoms with Gasteiger partial charge in [0.2, 0.25) is 0 Å². The monoisotopic (exact) mass is 185 g/mol. The molecule has 0 rings (SSSR count). The Morgan fingerprint density at radius 2 is 2.00 bits per heavy atom. The minimum absolute atomic E-state index is 1.09. The zero-order chi connectivity index (χ0) is 9.94. The van der Waals surface area contributed by atoms with E-state index in [1.165, 1.54) is 0 Å². The third kappa shape index (κ3) is 4.17. The van der Waals surface area contributed by atoms with Crippen LogP contribution in [0.3, 0.4) is 0 Å². The summed E-state index contributed by atoms with van der Waals surface area (Å²) in [6, 6.07) is -1.45. The highest BCUT2D eigenvalue weighted by atomic mass is 19.4. The molecule has 12 heavy (non-hydrogen) atoms. The van der Waals surface area contributed by atoms with E-state index in [0.29, 0.717) is 0 Å². The molecule has 2 unspecified atom stereocenters. The van der Waals surface area contributed by atoms with Gasteiger partial charge in [-0.15, -0.1) is 0 Å². The van der Waals surface area contributed by atoms with E-state index >= 15 is 0 Å². The van der Waals surface area contributed by atoms with E-state index in [0.717, 1.165) is 6.92 Å².